The van der Waals surface area contributed by atoms with Crippen LogP contribution in [-0.4, -0.2) is 37.7 Å². The highest BCUT2D eigenvalue weighted by Crippen LogP contribution is 2.42. The van der Waals surface area contributed by atoms with Gasteiger partial charge in [0.25, 0.3) is 0 Å². The highest BCUT2D eigenvalue weighted by molar-refractivity contribution is 7.80. The molecule has 1 heterocycles. The Bertz CT molecular complexity index is 658. The molecule has 1 aliphatic rings. The second-order valence-corrected chi connectivity index (χ2v) is 8.85. The lowest BCUT2D eigenvalue weighted by Gasteiger charge is -2.34. The normalized spacial score (nSPS) is 26.5. The van der Waals surface area contributed by atoms with E-state index in [4.69, 9.17) is 18.0 Å². The molecule has 0 amide bonds. The number of nitrogens with two attached hydrogens (primary N) is 1. The number of nitrogens with one attached hydrogen (secondary N) is 2. The van der Waals surface area contributed by atoms with Crippen LogP contribution >= 0.6 is 12.2 Å². The number of aliphatic hydroxyl groups is 1. The van der Waals surface area contributed by atoms with Gasteiger partial charge in [0.2, 0.25) is 5.95 Å². The van der Waals surface area contributed by atoms with Crippen molar-refractivity contribution in [3.63, 3.8) is 0 Å². The molecule has 1 aliphatic carbocycles. The second kappa shape index (κ2) is 7.03. The smallest absolute Gasteiger partial charge is 0.225 e. The van der Waals surface area contributed by atoms with E-state index in [0.717, 1.165) is 18.5 Å². The minimum absolute atomic E-state index is 0.152. The largest absolute Gasteiger partial charge is 0.396 e. The zero-order valence-corrected chi connectivity index (χ0v) is 16.9. The molecule has 0 radical (unpaired) electrons. The van der Waals surface area contributed by atoms with Crippen molar-refractivity contribution in [1.29, 1.82) is 0 Å². The van der Waals surface area contributed by atoms with Crippen LogP contribution in [0.3, 0.4) is 0 Å². The first-order valence-electron chi connectivity index (χ1n) is 8.82. The minimum atomic E-state index is -0.174. The molecule has 1 aromatic heterocycles. The van der Waals surface area contributed by atoms with Crippen LogP contribution in [0.2, 0.25) is 0 Å². The van der Waals surface area contributed by atoms with Gasteiger partial charge in [0.15, 0.2) is 0 Å². The predicted molar refractivity (Wildman–Crippen MR) is 107 cm³/mol. The minimum Gasteiger partial charge on any atom is -0.396 e. The van der Waals surface area contributed by atoms with Gasteiger partial charge >= 0.3 is 0 Å². The predicted octanol–water partition coefficient (Wildman–Crippen LogP) is 2.84. The lowest BCUT2D eigenvalue weighted by Crippen LogP contribution is -2.40. The first kappa shape index (κ1) is 19.8. The highest BCUT2D eigenvalue weighted by atomic mass is 32.1. The van der Waals surface area contributed by atoms with E-state index in [9.17, 15) is 5.11 Å². The van der Waals surface area contributed by atoms with E-state index in [2.05, 4.69) is 55.2 Å². The van der Waals surface area contributed by atoms with Crippen LogP contribution in [0.15, 0.2) is 0 Å². The molecule has 0 saturated heterocycles. The third kappa shape index (κ3) is 4.39. The fourth-order valence-corrected chi connectivity index (χ4v) is 3.77. The van der Waals surface area contributed by atoms with Crippen LogP contribution in [0.5, 0.6) is 0 Å². The van der Waals surface area contributed by atoms with Crippen LogP contribution in [0, 0.1) is 18.8 Å². The van der Waals surface area contributed by atoms with Gasteiger partial charge in [-0.1, -0.05) is 19.1 Å². The van der Waals surface area contributed by atoms with Crippen LogP contribution in [0.1, 0.15) is 58.7 Å². The average molecular weight is 366 g/mol. The molecular formula is C18H31N5OS. The monoisotopic (exact) mass is 365 g/mol. The Labute approximate surface area is 156 Å². The van der Waals surface area contributed by atoms with Gasteiger partial charge in [0, 0.05) is 17.7 Å². The maximum absolute atomic E-state index is 9.59. The topological polar surface area (TPSA) is 96.1 Å². The first-order valence-corrected chi connectivity index (χ1v) is 9.23. The van der Waals surface area contributed by atoms with E-state index in [1.807, 2.05) is 6.92 Å². The number of aryl methyl sites for hydroxylation is 1. The first-order chi connectivity index (χ1) is 11.5. The molecule has 0 spiro atoms. The quantitative estimate of drug-likeness (QED) is 0.596. The van der Waals surface area contributed by atoms with Gasteiger partial charge in [0.05, 0.1) is 11.3 Å². The molecule has 3 atom stereocenters. The molecule has 1 aromatic rings. The van der Waals surface area contributed by atoms with Gasteiger partial charge in [-0.3, -0.25) is 0 Å². The number of hydrogen-bond acceptors (Lipinski definition) is 6. The molecule has 6 nitrogen and oxygen atoms in total. The number of rotatable bonds is 5. The maximum Gasteiger partial charge on any atom is 0.225 e. The summed E-state index contributed by atoms with van der Waals surface area (Å²) in [4.78, 5) is 9.48. The van der Waals surface area contributed by atoms with Gasteiger partial charge in [-0.05, 0) is 59.3 Å². The van der Waals surface area contributed by atoms with Gasteiger partial charge in [-0.2, -0.15) is 4.98 Å². The summed E-state index contributed by atoms with van der Waals surface area (Å²) in [7, 11) is 0. The zero-order valence-electron chi connectivity index (χ0n) is 16.1. The zero-order chi connectivity index (χ0) is 19.0. The Hall–Kier alpha value is -1.47. The molecule has 1 fully saturated rings. The molecule has 0 bridgehead atoms. The molecule has 0 aliphatic heterocycles. The van der Waals surface area contributed by atoms with Crippen molar-refractivity contribution in [2.75, 3.05) is 17.2 Å². The third-order valence-electron chi connectivity index (χ3n) is 5.21. The Balaban J connectivity index is 2.42. The van der Waals surface area contributed by atoms with Crippen molar-refractivity contribution in [3.8, 4) is 0 Å². The van der Waals surface area contributed by atoms with Gasteiger partial charge in [-0.25, -0.2) is 4.98 Å². The van der Waals surface area contributed by atoms with Crippen LogP contribution in [-0.2, 0) is 0 Å². The molecule has 7 heteroatoms. The van der Waals surface area contributed by atoms with Crippen molar-refractivity contribution >= 4 is 29.0 Å². The SMILES string of the molecule is Cc1nc(NC(C)(C)C)nc(NC2(C)CCC(CO)C2C)c1C(N)=S. The Morgan fingerprint density at radius 1 is 1.40 bits per heavy atom. The standard InChI is InChI=1S/C18H31N5OS/c1-10-12(9-24)7-8-18(10,6)22-15-13(14(19)25)11(2)20-16(21-15)23-17(3,4)5/h10,12,24H,7-9H2,1-6H3,(H2,19,25)(H2,20,21,22,23). The summed E-state index contributed by atoms with van der Waals surface area (Å²) in [6, 6.07) is 0. The molecule has 140 valence electrons. The van der Waals surface area contributed by atoms with E-state index in [-0.39, 0.29) is 22.7 Å². The van der Waals surface area contributed by atoms with Crippen LogP contribution in [0.4, 0.5) is 11.8 Å². The molecule has 25 heavy (non-hydrogen) atoms. The van der Waals surface area contributed by atoms with Crippen molar-refractivity contribution in [1.82, 2.24) is 9.97 Å². The molecule has 5 N–H and O–H groups in total. The Morgan fingerprint density at radius 2 is 2.04 bits per heavy atom. The second-order valence-electron chi connectivity index (χ2n) is 8.41. The third-order valence-corrected chi connectivity index (χ3v) is 5.41. The lowest BCUT2D eigenvalue weighted by molar-refractivity contribution is 0.187. The summed E-state index contributed by atoms with van der Waals surface area (Å²) in [5.74, 6) is 1.83. The van der Waals surface area contributed by atoms with Gasteiger partial charge in [-0.15, -0.1) is 0 Å². The number of aliphatic hydroxyl groups excluding tert-OH is 1. The molecule has 2 rings (SSSR count). The molecular weight excluding hydrogens is 334 g/mol. The lowest BCUT2D eigenvalue weighted by atomic mass is 9.86. The van der Waals surface area contributed by atoms with E-state index in [0.29, 0.717) is 29.2 Å². The summed E-state index contributed by atoms with van der Waals surface area (Å²) in [6.07, 6.45) is 1.95. The molecule has 0 aromatic carbocycles. The van der Waals surface area contributed by atoms with Crippen molar-refractivity contribution in [2.45, 2.75) is 65.5 Å². The maximum atomic E-state index is 9.59. The highest BCUT2D eigenvalue weighted by Gasteiger charge is 2.42. The van der Waals surface area contributed by atoms with Gasteiger partial charge < -0.3 is 21.5 Å². The Morgan fingerprint density at radius 3 is 2.52 bits per heavy atom. The fourth-order valence-electron chi connectivity index (χ4n) is 3.53. The number of aromatic nitrogens is 2. The number of nitrogens with zero attached hydrogens (tertiary/aromatic N) is 2. The van der Waals surface area contributed by atoms with Crippen LogP contribution < -0.4 is 16.4 Å². The number of hydrogen-bond donors (Lipinski definition) is 4. The summed E-state index contributed by atoms with van der Waals surface area (Å²) >= 11 is 5.24. The molecule has 3 unspecified atom stereocenters. The number of thiocarbonyl (C=S) groups is 1. The van der Waals surface area contributed by atoms with Crippen LogP contribution in [0.25, 0.3) is 0 Å². The fraction of sp³-hybridized carbons (Fsp3) is 0.722. The van der Waals surface area contributed by atoms with E-state index >= 15 is 0 Å². The summed E-state index contributed by atoms with van der Waals surface area (Å²) in [6.45, 7) is 12.6. The molecule has 1 saturated carbocycles. The summed E-state index contributed by atoms with van der Waals surface area (Å²) in [5, 5.41) is 16.5. The van der Waals surface area contributed by atoms with E-state index < -0.39 is 0 Å². The van der Waals surface area contributed by atoms with Crippen molar-refractivity contribution in [2.24, 2.45) is 17.6 Å². The summed E-state index contributed by atoms with van der Waals surface area (Å²) in [5.41, 5.74) is 7.07. The van der Waals surface area contributed by atoms with E-state index in [1.54, 1.807) is 0 Å². The van der Waals surface area contributed by atoms with E-state index in [1.165, 1.54) is 0 Å². The van der Waals surface area contributed by atoms with Crippen molar-refractivity contribution < 1.29 is 5.11 Å². The number of anilines is 2. The Kier molecular flexibility index (Phi) is 5.59. The summed E-state index contributed by atoms with van der Waals surface area (Å²) < 4.78 is 0. The van der Waals surface area contributed by atoms with Gasteiger partial charge in [0.1, 0.15) is 10.8 Å². The average Bonchev–Trinajstić information content (AvgIpc) is 2.71. The van der Waals surface area contributed by atoms with Crippen molar-refractivity contribution in [3.05, 3.63) is 11.3 Å².